The van der Waals surface area contributed by atoms with E-state index in [1.165, 1.54) is 17.2 Å². The number of benzene rings is 1. The largest absolute Gasteiger partial charge is 0.459 e. The average molecular weight is 431 g/mol. The number of hydrogen-bond acceptors (Lipinski definition) is 4. The van der Waals surface area contributed by atoms with E-state index < -0.39 is 28.9 Å². The van der Waals surface area contributed by atoms with Crippen LogP contribution >= 0.6 is 0 Å². The molecule has 31 heavy (non-hydrogen) atoms. The highest BCUT2D eigenvalue weighted by Crippen LogP contribution is 2.37. The third kappa shape index (κ3) is 4.52. The number of esters is 1. The first kappa shape index (κ1) is 22.7. The highest BCUT2D eigenvalue weighted by Gasteiger charge is 2.38. The van der Waals surface area contributed by atoms with Crippen molar-refractivity contribution in [3.8, 4) is 0 Å². The van der Waals surface area contributed by atoms with Gasteiger partial charge in [-0.2, -0.15) is 5.10 Å². The molecule has 8 heteroatoms. The Morgan fingerprint density at radius 3 is 2.58 bits per heavy atom. The average Bonchev–Trinajstić information content (AvgIpc) is 3.05. The molecule has 6 nitrogen and oxygen atoms in total. The van der Waals surface area contributed by atoms with E-state index in [2.05, 4.69) is 10.2 Å². The second kappa shape index (κ2) is 8.61. The Labute approximate surface area is 180 Å². The van der Waals surface area contributed by atoms with Crippen molar-refractivity contribution in [1.29, 1.82) is 0 Å². The fourth-order valence-corrected chi connectivity index (χ4v) is 3.85. The van der Waals surface area contributed by atoms with Gasteiger partial charge in [-0.1, -0.05) is 27.2 Å². The highest BCUT2D eigenvalue weighted by atomic mass is 19.2. The van der Waals surface area contributed by atoms with Crippen LogP contribution in [0.2, 0.25) is 0 Å². The summed E-state index contributed by atoms with van der Waals surface area (Å²) in [5, 5.41) is 7.43. The summed E-state index contributed by atoms with van der Waals surface area (Å²) in [6, 6.07) is 2.99. The SMILES string of the molecule is CCCc1[nH]nc2c1C(C)(C)CN(C(=O)c1ccc(F)c(F)c1)C=C2C(=O)OC(C)C. The zero-order valence-electron chi connectivity index (χ0n) is 18.4. The van der Waals surface area contributed by atoms with Gasteiger partial charge in [0.2, 0.25) is 0 Å². The number of amides is 1. The number of rotatable bonds is 5. The lowest BCUT2D eigenvalue weighted by Crippen LogP contribution is -2.37. The Bertz CT molecular complexity index is 1040. The van der Waals surface area contributed by atoms with Gasteiger partial charge in [0.25, 0.3) is 5.91 Å². The molecule has 0 radical (unpaired) electrons. The third-order valence-electron chi connectivity index (χ3n) is 5.11. The molecular formula is C23H27F2N3O3. The van der Waals surface area contributed by atoms with Crippen LogP contribution in [-0.2, 0) is 21.4 Å². The van der Waals surface area contributed by atoms with E-state index in [1.54, 1.807) is 13.8 Å². The van der Waals surface area contributed by atoms with E-state index in [0.717, 1.165) is 36.2 Å². The number of hydrogen-bond donors (Lipinski definition) is 1. The van der Waals surface area contributed by atoms with Crippen LogP contribution in [0.5, 0.6) is 0 Å². The van der Waals surface area contributed by atoms with Crippen LogP contribution in [0.3, 0.4) is 0 Å². The number of ether oxygens (including phenoxy) is 1. The number of H-pyrrole nitrogens is 1. The molecule has 0 saturated carbocycles. The molecule has 0 fully saturated rings. The molecule has 1 aliphatic rings. The number of aromatic nitrogens is 2. The number of halogens is 2. The lowest BCUT2D eigenvalue weighted by molar-refractivity contribution is -0.140. The van der Waals surface area contributed by atoms with Gasteiger partial charge in [-0.25, -0.2) is 13.6 Å². The molecule has 1 aliphatic heterocycles. The predicted octanol–water partition coefficient (Wildman–Crippen LogP) is 4.37. The summed E-state index contributed by atoms with van der Waals surface area (Å²) in [7, 11) is 0. The van der Waals surface area contributed by atoms with Gasteiger partial charge < -0.3 is 9.64 Å². The Morgan fingerprint density at radius 2 is 1.97 bits per heavy atom. The van der Waals surface area contributed by atoms with Crippen molar-refractivity contribution in [2.24, 2.45) is 0 Å². The molecule has 0 unspecified atom stereocenters. The first-order chi connectivity index (χ1) is 14.5. The van der Waals surface area contributed by atoms with Gasteiger partial charge in [0.15, 0.2) is 11.6 Å². The number of nitrogens with zero attached hydrogens (tertiary/aromatic N) is 2. The molecule has 1 amide bonds. The molecule has 3 rings (SSSR count). The summed E-state index contributed by atoms with van der Waals surface area (Å²) < 4.78 is 32.5. The van der Waals surface area contributed by atoms with E-state index in [1.807, 2.05) is 20.8 Å². The zero-order chi connectivity index (χ0) is 22.9. The minimum atomic E-state index is -1.11. The van der Waals surface area contributed by atoms with Crippen molar-refractivity contribution >= 4 is 17.4 Å². The Hall–Kier alpha value is -3.03. The molecule has 1 aromatic heterocycles. The van der Waals surface area contributed by atoms with E-state index in [0.29, 0.717) is 5.69 Å². The van der Waals surface area contributed by atoms with Crippen LogP contribution in [0.15, 0.2) is 24.4 Å². The monoisotopic (exact) mass is 431 g/mol. The van der Waals surface area contributed by atoms with Crippen molar-refractivity contribution in [1.82, 2.24) is 15.1 Å². The summed E-state index contributed by atoms with van der Waals surface area (Å²) in [5.74, 6) is -3.30. The molecule has 1 aromatic carbocycles. The number of carbonyl (C=O) groups is 2. The van der Waals surface area contributed by atoms with E-state index in [4.69, 9.17) is 4.74 Å². The Kier molecular flexibility index (Phi) is 6.29. The van der Waals surface area contributed by atoms with E-state index >= 15 is 0 Å². The van der Waals surface area contributed by atoms with Crippen molar-refractivity contribution < 1.29 is 23.1 Å². The van der Waals surface area contributed by atoms with Crippen LogP contribution in [0, 0.1) is 11.6 Å². The fraction of sp³-hybridized carbons (Fsp3) is 0.435. The van der Waals surface area contributed by atoms with Gasteiger partial charge >= 0.3 is 5.97 Å². The summed E-state index contributed by atoms with van der Waals surface area (Å²) in [5.41, 5.74) is 1.74. The highest BCUT2D eigenvalue weighted by molar-refractivity contribution is 6.17. The summed E-state index contributed by atoms with van der Waals surface area (Å²) in [6.45, 7) is 9.63. The van der Waals surface area contributed by atoms with Gasteiger partial charge in [0, 0.05) is 35.0 Å². The molecule has 0 aliphatic carbocycles. The minimum Gasteiger partial charge on any atom is -0.459 e. The summed E-state index contributed by atoms with van der Waals surface area (Å²) in [4.78, 5) is 27.5. The topological polar surface area (TPSA) is 75.3 Å². The third-order valence-corrected chi connectivity index (χ3v) is 5.11. The molecule has 0 spiro atoms. The van der Waals surface area contributed by atoms with Gasteiger partial charge in [-0.05, 0) is 38.5 Å². The van der Waals surface area contributed by atoms with Crippen molar-refractivity contribution in [3.63, 3.8) is 0 Å². The molecule has 0 saturated heterocycles. The fourth-order valence-electron chi connectivity index (χ4n) is 3.85. The number of carbonyl (C=O) groups excluding carboxylic acids is 2. The second-order valence-electron chi connectivity index (χ2n) is 8.62. The van der Waals surface area contributed by atoms with Crippen LogP contribution in [0.4, 0.5) is 8.78 Å². The first-order valence-electron chi connectivity index (χ1n) is 10.3. The molecule has 2 heterocycles. The number of aromatic amines is 1. The molecule has 2 aromatic rings. The van der Waals surface area contributed by atoms with Crippen molar-refractivity contribution in [2.45, 2.75) is 59.0 Å². The van der Waals surface area contributed by atoms with Crippen molar-refractivity contribution in [3.05, 3.63) is 58.5 Å². The van der Waals surface area contributed by atoms with Gasteiger partial charge in [0.05, 0.1) is 6.10 Å². The molecule has 0 bridgehead atoms. The smallest absolute Gasteiger partial charge is 0.342 e. The molecule has 166 valence electrons. The van der Waals surface area contributed by atoms with Crippen LogP contribution in [0.25, 0.3) is 5.57 Å². The molecule has 0 atom stereocenters. The van der Waals surface area contributed by atoms with Gasteiger partial charge in [-0.15, -0.1) is 0 Å². The maximum Gasteiger partial charge on any atom is 0.342 e. The predicted molar refractivity (Wildman–Crippen MR) is 112 cm³/mol. The lowest BCUT2D eigenvalue weighted by Gasteiger charge is -2.30. The minimum absolute atomic E-state index is 0.0163. The standard InChI is InChI=1S/C23H27F2N3O3/c1-6-7-18-19-20(27-26-18)15(22(30)31-13(2)3)11-28(12-23(19,4)5)21(29)14-8-9-16(24)17(25)10-14/h8-11,13H,6-7,12H2,1-5H3,(H,26,27). The summed E-state index contributed by atoms with van der Waals surface area (Å²) in [6.07, 6.45) is 2.64. The van der Waals surface area contributed by atoms with Crippen LogP contribution in [0.1, 0.15) is 68.3 Å². The maximum atomic E-state index is 13.7. The maximum absolute atomic E-state index is 13.7. The molecule has 1 N–H and O–H groups in total. The van der Waals surface area contributed by atoms with Crippen LogP contribution < -0.4 is 0 Å². The molecular weight excluding hydrogens is 404 g/mol. The number of fused-ring (bicyclic) bond motifs is 1. The number of aryl methyl sites for hydroxylation is 1. The Balaban J connectivity index is 2.13. The Morgan fingerprint density at radius 1 is 1.26 bits per heavy atom. The van der Waals surface area contributed by atoms with E-state index in [-0.39, 0.29) is 23.8 Å². The summed E-state index contributed by atoms with van der Waals surface area (Å²) >= 11 is 0. The quantitative estimate of drug-likeness (QED) is 0.714. The van der Waals surface area contributed by atoms with Gasteiger partial charge in [0.1, 0.15) is 11.3 Å². The van der Waals surface area contributed by atoms with E-state index in [9.17, 15) is 18.4 Å². The number of nitrogens with one attached hydrogen (secondary N) is 1. The zero-order valence-corrected chi connectivity index (χ0v) is 18.4. The second-order valence-corrected chi connectivity index (χ2v) is 8.62. The van der Waals surface area contributed by atoms with Crippen molar-refractivity contribution in [2.75, 3.05) is 6.54 Å². The van der Waals surface area contributed by atoms with Crippen LogP contribution in [-0.4, -0.2) is 39.6 Å². The first-order valence-corrected chi connectivity index (χ1v) is 10.3. The normalized spacial score (nSPS) is 15.4. The van der Waals surface area contributed by atoms with Gasteiger partial charge in [-0.3, -0.25) is 9.89 Å². The lowest BCUT2D eigenvalue weighted by atomic mass is 9.81.